The fourth-order valence-electron chi connectivity index (χ4n) is 0.923. The van der Waals surface area contributed by atoms with E-state index in [-0.39, 0.29) is 12.1 Å². The molecule has 0 aromatic rings. The first kappa shape index (κ1) is 7.41. The number of methoxy groups -OCH3 is 1. The van der Waals surface area contributed by atoms with Crippen LogP contribution in [0.1, 0.15) is 13.8 Å². The van der Waals surface area contributed by atoms with Crippen LogP contribution in [-0.2, 0) is 4.74 Å². The highest BCUT2D eigenvalue weighted by Crippen LogP contribution is 2.14. The fraction of sp³-hybridized carbons (Fsp3) is 0.714. The van der Waals surface area contributed by atoms with E-state index in [0.29, 0.717) is 0 Å². The summed E-state index contributed by atoms with van der Waals surface area (Å²) in [5.41, 5.74) is 0.935. The molecule has 1 aliphatic heterocycles. The van der Waals surface area contributed by atoms with Gasteiger partial charge in [-0.2, -0.15) is 10.2 Å². The van der Waals surface area contributed by atoms with Crippen molar-refractivity contribution < 1.29 is 4.74 Å². The average molecular weight is 140 g/mol. The second kappa shape index (κ2) is 2.92. The average Bonchev–Trinajstić information content (AvgIpc) is 1.94. The molecule has 0 aromatic carbocycles. The minimum absolute atomic E-state index is 0.109. The van der Waals surface area contributed by atoms with E-state index in [1.807, 2.05) is 19.9 Å². The number of ether oxygens (including phenoxy) is 1. The van der Waals surface area contributed by atoms with Gasteiger partial charge in [0.05, 0.1) is 11.7 Å². The third kappa shape index (κ3) is 1.42. The Bertz CT molecular complexity index is 174. The molecule has 0 radical (unpaired) electrons. The van der Waals surface area contributed by atoms with Gasteiger partial charge in [-0.1, -0.05) is 0 Å². The van der Waals surface area contributed by atoms with E-state index in [9.17, 15) is 0 Å². The Morgan fingerprint density at radius 1 is 1.60 bits per heavy atom. The summed E-state index contributed by atoms with van der Waals surface area (Å²) in [5, 5.41) is 7.91. The molecule has 2 atom stereocenters. The lowest BCUT2D eigenvalue weighted by molar-refractivity contribution is 0.118. The summed E-state index contributed by atoms with van der Waals surface area (Å²) >= 11 is 0. The molecular weight excluding hydrogens is 128 g/mol. The third-order valence-electron chi connectivity index (χ3n) is 1.55. The van der Waals surface area contributed by atoms with Gasteiger partial charge in [0.25, 0.3) is 0 Å². The van der Waals surface area contributed by atoms with Crippen LogP contribution in [0.2, 0.25) is 0 Å². The first-order valence-electron chi connectivity index (χ1n) is 3.36. The van der Waals surface area contributed by atoms with Crippen LogP contribution in [0.4, 0.5) is 0 Å². The Morgan fingerprint density at radius 3 is 2.80 bits per heavy atom. The van der Waals surface area contributed by atoms with E-state index in [0.717, 1.165) is 5.70 Å². The molecule has 0 fully saturated rings. The molecule has 1 heterocycles. The van der Waals surface area contributed by atoms with Crippen LogP contribution in [0.5, 0.6) is 0 Å². The lowest BCUT2D eigenvalue weighted by Crippen LogP contribution is -2.23. The predicted octanol–water partition coefficient (Wildman–Crippen LogP) is 1.76. The summed E-state index contributed by atoms with van der Waals surface area (Å²) < 4.78 is 5.14. The van der Waals surface area contributed by atoms with Gasteiger partial charge in [-0.05, 0) is 19.9 Å². The summed E-state index contributed by atoms with van der Waals surface area (Å²) in [6, 6.07) is 0.161. The molecule has 0 saturated heterocycles. The summed E-state index contributed by atoms with van der Waals surface area (Å²) in [6.07, 6.45) is 2.09. The van der Waals surface area contributed by atoms with Crippen molar-refractivity contribution in [3.8, 4) is 0 Å². The number of allylic oxidation sites excluding steroid dienone is 1. The topological polar surface area (TPSA) is 34.0 Å². The van der Waals surface area contributed by atoms with Crippen molar-refractivity contribution >= 4 is 0 Å². The van der Waals surface area contributed by atoms with Crippen molar-refractivity contribution in [1.82, 2.24) is 0 Å². The molecule has 0 amide bonds. The molecule has 3 nitrogen and oxygen atoms in total. The molecule has 0 spiro atoms. The van der Waals surface area contributed by atoms with E-state index in [2.05, 4.69) is 10.2 Å². The summed E-state index contributed by atoms with van der Waals surface area (Å²) in [4.78, 5) is 0. The van der Waals surface area contributed by atoms with Gasteiger partial charge < -0.3 is 4.74 Å². The third-order valence-corrected chi connectivity index (χ3v) is 1.55. The van der Waals surface area contributed by atoms with E-state index in [4.69, 9.17) is 4.74 Å². The maximum absolute atomic E-state index is 5.14. The van der Waals surface area contributed by atoms with Crippen molar-refractivity contribution in [1.29, 1.82) is 0 Å². The van der Waals surface area contributed by atoms with Crippen LogP contribution in [-0.4, -0.2) is 19.3 Å². The maximum atomic E-state index is 5.14. The minimum atomic E-state index is 0.109. The lowest BCUT2D eigenvalue weighted by atomic mass is 10.1. The first-order chi connectivity index (χ1) is 4.74. The number of nitrogens with zero attached hydrogens (tertiary/aromatic N) is 2. The van der Waals surface area contributed by atoms with Gasteiger partial charge in [-0.15, -0.1) is 0 Å². The standard InChI is InChI=1S/C7H12N2O/c1-5-4-7(10-3)6(2)9-8-5/h4,6-7H,1-3H3/t6-,7?/m0/s1. The molecule has 0 aromatic heterocycles. The number of hydrogen-bond donors (Lipinski definition) is 0. The van der Waals surface area contributed by atoms with Gasteiger partial charge in [0.1, 0.15) is 6.10 Å². The van der Waals surface area contributed by atoms with Crippen molar-refractivity contribution in [2.75, 3.05) is 7.11 Å². The van der Waals surface area contributed by atoms with Crippen LogP contribution < -0.4 is 0 Å². The quantitative estimate of drug-likeness (QED) is 0.546. The van der Waals surface area contributed by atoms with Crippen LogP contribution in [0, 0.1) is 0 Å². The zero-order valence-electron chi connectivity index (χ0n) is 6.53. The van der Waals surface area contributed by atoms with E-state index < -0.39 is 0 Å². The molecule has 0 N–H and O–H groups in total. The second-order valence-corrected chi connectivity index (χ2v) is 2.46. The number of rotatable bonds is 1. The van der Waals surface area contributed by atoms with E-state index in [1.54, 1.807) is 7.11 Å². The van der Waals surface area contributed by atoms with Crippen LogP contribution >= 0.6 is 0 Å². The first-order valence-corrected chi connectivity index (χ1v) is 3.36. The molecule has 10 heavy (non-hydrogen) atoms. The number of hydrogen-bond acceptors (Lipinski definition) is 3. The van der Waals surface area contributed by atoms with Crippen molar-refractivity contribution in [2.24, 2.45) is 10.2 Å². The van der Waals surface area contributed by atoms with Crippen LogP contribution in [0.3, 0.4) is 0 Å². The molecule has 1 unspecified atom stereocenters. The zero-order valence-corrected chi connectivity index (χ0v) is 6.53. The largest absolute Gasteiger partial charge is 0.375 e. The maximum Gasteiger partial charge on any atom is 0.101 e. The Hall–Kier alpha value is -0.700. The monoisotopic (exact) mass is 140 g/mol. The highest BCUT2D eigenvalue weighted by atomic mass is 16.5. The zero-order chi connectivity index (χ0) is 7.56. The molecule has 3 heteroatoms. The molecular formula is C7H12N2O. The molecule has 56 valence electrons. The van der Waals surface area contributed by atoms with Crippen LogP contribution in [0.15, 0.2) is 22.0 Å². The highest BCUT2D eigenvalue weighted by molar-refractivity contribution is 5.05. The van der Waals surface area contributed by atoms with Gasteiger partial charge in [0.15, 0.2) is 0 Å². The SMILES string of the molecule is COC1C=C(C)N=N[C@H]1C. The Kier molecular flexibility index (Phi) is 2.17. The summed E-state index contributed by atoms with van der Waals surface area (Å²) in [7, 11) is 1.69. The molecule has 0 saturated carbocycles. The normalized spacial score (nSPS) is 32.1. The molecule has 0 bridgehead atoms. The predicted molar refractivity (Wildman–Crippen MR) is 38.9 cm³/mol. The second-order valence-electron chi connectivity index (χ2n) is 2.46. The molecule has 1 aliphatic rings. The Balaban J connectivity index is 2.67. The Morgan fingerprint density at radius 2 is 2.30 bits per heavy atom. The summed E-state index contributed by atoms with van der Waals surface area (Å²) in [5.74, 6) is 0. The van der Waals surface area contributed by atoms with Gasteiger partial charge in [-0.3, -0.25) is 0 Å². The van der Waals surface area contributed by atoms with E-state index in [1.165, 1.54) is 0 Å². The van der Waals surface area contributed by atoms with Crippen molar-refractivity contribution in [3.05, 3.63) is 11.8 Å². The van der Waals surface area contributed by atoms with Gasteiger partial charge in [-0.25, -0.2) is 0 Å². The smallest absolute Gasteiger partial charge is 0.101 e. The number of azo groups is 1. The molecule has 0 aliphatic carbocycles. The minimum Gasteiger partial charge on any atom is -0.375 e. The van der Waals surface area contributed by atoms with Crippen LogP contribution in [0.25, 0.3) is 0 Å². The highest BCUT2D eigenvalue weighted by Gasteiger charge is 2.16. The van der Waals surface area contributed by atoms with Gasteiger partial charge in [0, 0.05) is 7.11 Å². The lowest BCUT2D eigenvalue weighted by Gasteiger charge is -2.17. The van der Waals surface area contributed by atoms with Crippen molar-refractivity contribution in [3.63, 3.8) is 0 Å². The fourth-order valence-corrected chi connectivity index (χ4v) is 0.923. The molecule has 1 rings (SSSR count). The van der Waals surface area contributed by atoms with Crippen molar-refractivity contribution in [2.45, 2.75) is 26.0 Å². The summed E-state index contributed by atoms with van der Waals surface area (Å²) in [6.45, 7) is 3.90. The van der Waals surface area contributed by atoms with E-state index >= 15 is 0 Å². The Labute approximate surface area is 60.8 Å². The van der Waals surface area contributed by atoms with Gasteiger partial charge >= 0.3 is 0 Å². The van der Waals surface area contributed by atoms with Gasteiger partial charge in [0.2, 0.25) is 0 Å².